The van der Waals surface area contributed by atoms with Gasteiger partial charge in [-0.15, -0.1) is 0 Å². The molecular formula is C25H22ClFN6O. The lowest BCUT2D eigenvalue weighted by atomic mass is 10.0. The summed E-state index contributed by atoms with van der Waals surface area (Å²) in [4.78, 5) is 17.3. The van der Waals surface area contributed by atoms with Crippen molar-refractivity contribution < 1.29 is 9.50 Å². The number of fused-ring (bicyclic) bond motifs is 1. The minimum atomic E-state index is -1.22. The van der Waals surface area contributed by atoms with E-state index in [9.17, 15) is 10.4 Å². The van der Waals surface area contributed by atoms with E-state index in [-0.39, 0.29) is 17.6 Å². The number of aliphatic hydroxyl groups is 1. The van der Waals surface area contributed by atoms with E-state index < -0.39 is 11.4 Å². The van der Waals surface area contributed by atoms with Gasteiger partial charge in [-0.05, 0) is 45.4 Å². The zero-order valence-electron chi connectivity index (χ0n) is 19.1. The van der Waals surface area contributed by atoms with Crippen LogP contribution in [0.4, 0.5) is 10.1 Å². The average Bonchev–Trinajstić information content (AvgIpc) is 2.81. The van der Waals surface area contributed by atoms with Crippen LogP contribution in [0.1, 0.15) is 49.5 Å². The molecule has 34 heavy (non-hydrogen) atoms. The lowest BCUT2D eigenvalue weighted by Gasteiger charge is -2.19. The Hall–Kier alpha value is -3.67. The van der Waals surface area contributed by atoms with Crippen LogP contribution < -0.4 is 5.32 Å². The molecule has 7 nitrogen and oxygen atoms in total. The van der Waals surface area contributed by atoms with Crippen molar-refractivity contribution in [3.05, 3.63) is 76.2 Å². The summed E-state index contributed by atoms with van der Waals surface area (Å²) in [5.74, 6) is -0.365. The van der Waals surface area contributed by atoms with Gasteiger partial charge >= 0.3 is 0 Å². The molecule has 4 rings (SSSR count). The number of nitrogens with one attached hydrogen (secondary N) is 1. The zero-order valence-corrected chi connectivity index (χ0v) is 19.8. The van der Waals surface area contributed by atoms with E-state index in [2.05, 4.69) is 31.3 Å². The third-order valence-electron chi connectivity index (χ3n) is 5.37. The maximum atomic E-state index is 15.0. The van der Waals surface area contributed by atoms with Crippen molar-refractivity contribution in [2.24, 2.45) is 0 Å². The van der Waals surface area contributed by atoms with Crippen LogP contribution in [0.25, 0.3) is 22.3 Å². The van der Waals surface area contributed by atoms with Crippen molar-refractivity contribution in [2.45, 2.75) is 39.3 Å². The Morgan fingerprint density at radius 1 is 1.18 bits per heavy atom. The Morgan fingerprint density at radius 2 is 1.88 bits per heavy atom. The number of halogens is 2. The molecule has 0 fully saturated rings. The Morgan fingerprint density at radius 3 is 2.53 bits per heavy atom. The zero-order chi connectivity index (χ0) is 24.6. The van der Waals surface area contributed by atoms with Crippen molar-refractivity contribution >= 4 is 28.3 Å². The molecule has 4 aromatic rings. The van der Waals surface area contributed by atoms with Crippen molar-refractivity contribution in [2.75, 3.05) is 5.32 Å². The van der Waals surface area contributed by atoms with Gasteiger partial charge < -0.3 is 10.4 Å². The number of hydrogen-bond donors (Lipinski definition) is 2. The van der Waals surface area contributed by atoms with Gasteiger partial charge in [-0.25, -0.2) is 24.3 Å². The van der Waals surface area contributed by atoms with Crippen LogP contribution >= 0.6 is 11.6 Å². The summed E-state index contributed by atoms with van der Waals surface area (Å²) in [6.07, 6.45) is 2.84. The molecule has 1 unspecified atom stereocenters. The van der Waals surface area contributed by atoms with E-state index in [0.717, 1.165) is 5.56 Å². The van der Waals surface area contributed by atoms with Gasteiger partial charge in [-0.3, -0.25) is 0 Å². The van der Waals surface area contributed by atoms with Crippen LogP contribution in [0.5, 0.6) is 0 Å². The van der Waals surface area contributed by atoms with Crippen LogP contribution in [0.3, 0.4) is 0 Å². The van der Waals surface area contributed by atoms with E-state index >= 15 is 4.39 Å². The molecular weight excluding hydrogens is 455 g/mol. The lowest BCUT2D eigenvalue weighted by molar-refractivity contribution is 0.0687. The molecule has 0 radical (unpaired) electrons. The molecule has 9 heteroatoms. The smallest absolute Gasteiger partial charge is 0.159 e. The van der Waals surface area contributed by atoms with E-state index in [1.54, 1.807) is 32.9 Å². The summed E-state index contributed by atoms with van der Waals surface area (Å²) in [6, 6.07) is 10.5. The first-order valence-corrected chi connectivity index (χ1v) is 10.9. The third-order valence-corrected chi connectivity index (χ3v) is 5.83. The van der Waals surface area contributed by atoms with Gasteiger partial charge in [0.2, 0.25) is 0 Å². The number of hydrogen-bond acceptors (Lipinski definition) is 7. The van der Waals surface area contributed by atoms with Gasteiger partial charge in [0.05, 0.1) is 33.6 Å². The Kier molecular flexibility index (Phi) is 6.17. The summed E-state index contributed by atoms with van der Waals surface area (Å²) in [5, 5.41) is 23.0. The molecule has 1 aromatic carbocycles. The van der Waals surface area contributed by atoms with Gasteiger partial charge in [0.1, 0.15) is 16.8 Å². The summed E-state index contributed by atoms with van der Waals surface area (Å²) >= 11 is 6.61. The monoisotopic (exact) mass is 476 g/mol. The fraction of sp³-hybridized carbons (Fsp3) is 0.240. The maximum Gasteiger partial charge on any atom is 0.159 e. The highest BCUT2D eigenvalue weighted by molar-refractivity contribution is 6.35. The van der Waals surface area contributed by atoms with Gasteiger partial charge in [0, 0.05) is 30.1 Å². The van der Waals surface area contributed by atoms with Crippen molar-refractivity contribution in [3.8, 4) is 17.3 Å². The molecule has 3 heterocycles. The first-order chi connectivity index (χ1) is 16.1. The van der Waals surface area contributed by atoms with Crippen LogP contribution in [-0.4, -0.2) is 25.0 Å². The molecule has 0 aliphatic rings. The number of aromatic nitrogens is 4. The van der Waals surface area contributed by atoms with E-state index in [0.29, 0.717) is 38.6 Å². The molecule has 172 valence electrons. The van der Waals surface area contributed by atoms with Gasteiger partial charge in [-0.1, -0.05) is 23.7 Å². The largest absolute Gasteiger partial charge is 0.382 e. The number of nitriles is 1. The first kappa shape index (κ1) is 23.5. The predicted molar refractivity (Wildman–Crippen MR) is 129 cm³/mol. The third kappa shape index (κ3) is 4.53. The average molecular weight is 477 g/mol. The molecule has 0 aliphatic carbocycles. The number of aryl methyl sites for hydroxylation is 1. The topological polar surface area (TPSA) is 108 Å². The fourth-order valence-corrected chi connectivity index (χ4v) is 3.73. The van der Waals surface area contributed by atoms with Crippen LogP contribution in [0, 0.1) is 24.1 Å². The van der Waals surface area contributed by atoms with E-state index in [4.69, 9.17) is 11.6 Å². The Bertz CT molecular complexity index is 1430. The molecule has 0 saturated carbocycles. The summed E-state index contributed by atoms with van der Waals surface area (Å²) in [6.45, 7) is 6.81. The lowest BCUT2D eigenvalue weighted by Crippen LogP contribution is -2.19. The molecule has 1 atom stereocenters. The van der Waals surface area contributed by atoms with Gasteiger partial charge in [0.15, 0.2) is 11.6 Å². The number of rotatable bonds is 5. The molecule has 0 amide bonds. The quantitative estimate of drug-likeness (QED) is 0.393. The van der Waals surface area contributed by atoms with Gasteiger partial charge in [0.25, 0.3) is 0 Å². The SMILES string of the molecule is Cc1nc2cc(F)c(-c3cnc(C(C)(C)O)nc3)nc2c(NC(C)c2cccc(C#N)c2)c1Cl. The second-order valence-electron chi connectivity index (χ2n) is 8.53. The standard InChI is InChI=1S/C25H22ClFN6O/c1-13(16-7-5-6-15(8-16)10-28)32-23-20(26)14(2)31-19-9-18(27)21(33-22(19)23)17-11-29-24(30-12-17)25(3,4)34/h5-9,11-13,34H,1-4H3,(H,31,32). The summed E-state index contributed by atoms with van der Waals surface area (Å²) in [7, 11) is 0. The van der Waals surface area contributed by atoms with E-state index in [1.807, 2.05) is 19.1 Å². The molecule has 2 N–H and O–H groups in total. The second kappa shape index (κ2) is 8.93. The molecule has 0 bridgehead atoms. The Labute approximate surface area is 201 Å². The van der Waals surface area contributed by atoms with Crippen molar-refractivity contribution in [1.82, 2.24) is 19.9 Å². The van der Waals surface area contributed by atoms with Gasteiger partial charge in [-0.2, -0.15) is 5.26 Å². The normalized spacial score (nSPS) is 12.4. The number of nitrogens with zero attached hydrogens (tertiary/aromatic N) is 5. The minimum Gasteiger partial charge on any atom is -0.382 e. The number of anilines is 1. The molecule has 0 spiro atoms. The van der Waals surface area contributed by atoms with Crippen LogP contribution in [0.2, 0.25) is 5.02 Å². The minimum absolute atomic E-state index is 0.0405. The molecule has 0 saturated heterocycles. The Balaban J connectivity index is 1.82. The highest BCUT2D eigenvalue weighted by Crippen LogP contribution is 2.36. The highest BCUT2D eigenvalue weighted by Gasteiger charge is 2.22. The van der Waals surface area contributed by atoms with Crippen molar-refractivity contribution in [1.29, 1.82) is 5.26 Å². The van der Waals surface area contributed by atoms with E-state index in [1.165, 1.54) is 18.5 Å². The second-order valence-corrected chi connectivity index (χ2v) is 8.91. The number of pyridine rings is 2. The maximum absolute atomic E-state index is 15.0. The predicted octanol–water partition coefficient (Wildman–Crippen LogP) is 5.46. The first-order valence-electron chi connectivity index (χ1n) is 10.6. The summed E-state index contributed by atoms with van der Waals surface area (Å²) in [5.41, 5.74) is 2.37. The number of benzene rings is 1. The molecule has 0 aliphatic heterocycles. The highest BCUT2D eigenvalue weighted by atomic mass is 35.5. The molecule has 3 aromatic heterocycles. The summed E-state index contributed by atoms with van der Waals surface area (Å²) < 4.78 is 15.0. The van der Waals surface area contributed by atoms with Crippen LogP contribution in [-0.2, 0) is 5.60 Å². The van der Waals surface area contributed by atoms with Crippen LogP contribution in [0.15, 0.2) is 42.7 Å². The van der Waals surface area contributed by atoms with Crippen molar-refractivity contribution in [3.63, 3.8) is 0 Å². The fourth-order valence-electron chi connectivity index (χ4n) is 3.54.